The molecule has 19 heavy (non-hydrogen) atoms. The van der Waals surface area contributed by atoms with E-state index in [9.17, 15) is 4.79 Å². The van der Waals surface area contributed by atoms with Crippen LogP contribution in [0.3, 0.4) is 0 Å². The molecule has 0 aliphatic heterocycles. The quantitative estimate of drug-likeness (QED) is 0.779. The number of rotatable bonds is 6. The van der Waals surface area contributed by atoms with E-state index in [-0.39, 0.29) is 5.91 Å². The average Bonchev–Trinajstić information content (AvgIpc) is 2.44. The number of benzene rings is 2. The van der Waals surface area contributed by atoms with Gasteiger partial charge in [-0.15, -0.1) is 0 Å². The van der Waals surface area contributed by atoms with Crippen molar-refractivity contribution in [1.29, 1.82) is 0 Å². The normalized spacial score (nSPS) is 10.6. The second kappa shape index (κ2) is 6.90. The predicted octanol–water partition coefficient (Wildman–Crippen LogP) is 2.46. The first-order valence-corrected chi connectivity index (χ1v) is 6.75. The molecule has 0 radical (unpaired) electrons. The van der Waals surface area contributed by atoms with E-state index in [1.54, 1.807) is 0 Å². The molecule has 0 unspecified atom stereocenters. The maximum absolute atomic E-state index is 11.3. The molecule has 0 spiro atoms. The Bertz CT molecular complexity index is 546. The molecule has 2 N–H and O–H groups in total. The summed E-state index contributed by atoms with van der Waals surface area (Å²) >= 11 is 0. The highest BCUT2D eigenvalue weighted by atomic mass is 16.1. The molecule has 100 valence electrons. The fourth-order valence-corrected chi connectivity index (χ4v) is 2.16. The maximum atomic E-state index is 11.3. The Balaban J connectivity index is 1.90. The largest absolute Gasteiger partial charge is 0.356 e. The third-order valence-corrected chi connectivity index (χ3v) is 3.10. The van der Waals surface area contributed by atoms with E-state index >= 15 is 0 Å². The zero-order valence-electron chi connectivity index (χ0n) is 11.3. The summed E-state index contributed by atoms with van der Waals surface area (Å²) in [5.41, 5.74) is 1.27. The number of amides is 1. The summed E-state index contributed by atoms with van der Waals surface area (Å²) in [6.45, 7) is 4.12. The van der Waals surface area contributed by atoms with Crippen LogP contribution in [0.1, 0.15) is 18.9 Å². The van der Waals surface area contributed by atoms with Crippen LogP contribution in [0.15, 0.2) is 42.5 Å². The van der Waals surface area contributed by atoms with Crippen LogP contribution >= 0.6 is 0 Å². The highest BCUT2D eigenvalue weighted by Gasteiger charge is 2.01. The molecule has 0 heterocycles. The molecule has 0 saturated carbocycles. The fourth-order valence-electron chi connectivity index (χ4n) is 2.16. The SMILES string of the molecule is CCNC(=O)CCNCc1cccc2ccccc12. The van der Waals surface area contributed by atoms with Gasteiger partial charge in [-0.25, -0.2) is 0 Å². The number of carbonyl (C=O) groups excluding carboxylic acids is 1. The minimum Gasteiger partial charge on any atom is -0.356 e. The summed E-state index contributed by atoms with van der Waals surface area (Å²) in [5.74, 6) is 0.105. The van der Waals surface area contributed by atoms with Crippen LogP contribution in [0.5, 0.6) is 0 Å². The van der Waals surface area contributed by atoms with Crippen molar-refractivity contribution in [3.05, 3.63) is 48.0 Å². The van der Waals surface area contributed by atoms with E-state index in [0.717, 1.165) is 6.54 Å². The van der Waals surface area contributed by atoms with Crippen molar-refractivity contribution >= 4 is 16.7 Å². The highest BCUT2D eigenvalue weighted by Crippen LogP contribution is 2.17. The Hall–Kier alpha value is -1.87. The van der Waals surface area contributed by atoms with Gasteiger partial charge in [0.25, 0.3) is 0 Å². The smallest absolute Gasteiger partial charge is 0.221 e. The second-order valence-corrected chi connectivity index (χ2v) is 4.52. The Morgan fingerprint density at radius 2 is 1.89 bits per heavy atom. The van der Waals surface area contributed by atoms with Gasteiger partial charge in [0, 0.05) is 26.1 Å². The molecule has 1 amide bonds. The van der Waals surface area contributed by atoms with E-state index < -0.39 is 0 Å². The van der Waals surface area contributed by atoms with E-state index in [4.69, 9.17) is 0 Å². The fraction of sp³-hybridized carbons (Fsp3) is 0.312. The number of hydrogen-bond acceptors (Lipinski definition) is 2. The lowest BCUT2D eigenvalue weighted by molar-refractivity contribution is -0.120. The van der Waals surface area contributed by atoms with E-state index in [0.29, 0.717) is 19.5 Å². The molecular formula is C16H20N2O. The minimum absolute atomic E-state index is 0.105. The minimum atomic E-state index is 0.105. The standard InChI is InChI=1S/C16H20N2O/c1-2-18-16(19)10-11-17-12-14-8-5-7-13-6-3-4-9-15(13)14/h3-9,17H,2,10-12H2,1H3,(H,18,19). The highest BCUT2D eigenvalue weighted by molar-refractivity contribution is 5.85. The lowest BCUT2D eigenvalue weighted by Gasteiger charge is -2.08. The molecule has 2 aromatic rings. The molecule has 0 aliphatic carbocycles. The van der Waals surface area contributed by atoms with Gasteiger partial charge in [0.15, 0.2) is 0 Å². The van der Waals surface area contributed by atoms with Gasteiger partial charge in [-0.1, -0.05) is 42.5 Å². The maximum Gasteiger partial charge on any atom is 0.221 e. The Morgan fingerprint density at radius 3 is 2.74 bits per heavy atom. The molecule has 0 atom stereocenters. The first kappa shape index (κ1) is 13.6. The lowest BCUT2D eigenvalue weighted by atomic mass is 10.0. The van der Waals surface area contributed by atoms with Gasteiger partial charge in [0.05, 0.1) is 0 Å². The van der Waals surface area contributed by atoms with Crippen molar-refractivity contribution in [2.75, 3.05) is 13.1 Å². The molecule has 2 rings (SSSR count). The zero-order valence-corrected chi connectivity index (χ0v) is 11.3. The van der Waals surface area contributed by atoms with E-state index in [1.165, 1.54) is 16.3 Å². The molecular weight excluding hydrogens is 236 g/mol. The van der Waals surface area contributed by atoms with Crippen LogP contribution in [0.25, 0.3) is 10.8 Å². The second-order valence-electron chi connectivity index (χ2n) is 4.52. The van der Waals surface area contributed by atoms with Gasteiger partial charge < -0.3 is 10.6 Å². The molecule has 3 heteroatoms. The van der Waals surface area contributed by atoms with Crippen LogP contribution in [-0.4, -0.2) is 19.0 Å². The van der Waals surface area contributed by atoms with Crippen LogP contribution in [0.2, 0.25) is 0 Å². The molecule has 0 fully saturated rings. The van der Waals surface area contributed by atoms with Gasteiger partial charge in [0.2, 0.25) is 5.91 Å². The van der Waals surface area contributed by atoms with Gasteiger partial charge >= 0.3 is 0 Å². The van der Waals surface area contributed by atoms with Crippen LogP contribution < -0.4 is 10.6 Å². The third kappa shape index (κ3) is 3.80. The summed E-state index contributed by atoms with van der Waals surface area (Å²) in [5, 5.41) is 8.65. The first-order chi connectivity index (χ1) is 9.31. The number of nitrogens with one attached hydrogen (secondary N) is 2. The Labute approximate surface area is 114 Å². The van der Waals surface area contributed by atoms with Crippen LogP contribution in [-0.2, 0) is 11.3 Å². The van der Waals surface area contributed by atoms with Crippen molar-refractivity contribution < 1.29 is 4.79 Å². The van der Waals surface area contributed by atoms with Gasteiger partial charge in [-0.3, -0.25) is 4.79 Å². The summed E-state index contributed by atoms with van der Waals surface area (Å²) in [6, 6.07) is 14.7. The summed E-state index contributed by atoms with van der Waals surface area (Å²) in [6.07, 6.45) is 0.526. The monoisotopic (exact) mass is 256 g/mol. The third-order valence-electron chi connectivity index (χ3n) is 3.10. The predicted molar refractivity (Wildman–Crippen MR) is 79.0 cm³/mol. The van der Waals surface area contributed by atoms with Crippen LogP contribution in [0.4, 0.5) is 0 Å². The Morgan fingerprint density at radius 1 is 1.11 bits per heavy atom. The van der Waals surface area contributed by atoms with E-state index in [2.05, 4.69) is 53.1 Å². The first-order valence-electron chi connectivity index (χ1n) is 6.75. The molecule has 0 aromatic heterocycles. The van der Waals surface area contributed by atoms with Crippen molar-refractivity contribution in [3.8, 4) is 0 Å². The summed E-state index contributed by atoms with van der Waals surface area (Å²) in [4.78, 5) is 11.3. The number of carbonyl (C=O) groups is 1. The lowest BCUT2D eigenvalue weighted by Crippen LogP contribution is -2.27. The average molecular weight is 256 g/mol. The van der Waals surface area contributed by atoms with Crippen molar-refractivity contribution in [3.63, 3.8) is 0 Å². The van der Waals surface area contributed by atoms with Crippen LogP contribution in [0, 0.1) is 0 Å². The van der Waals surface area contributed by atoms with Crippen molar-refractivity contribution in [2.24, 2.45) is 0 Å². The number of hydrogen-bond donors (Lipinski definition) is 2. The van der Waals surface area contributed by atoms with Crippen molar-refractivity contribution in [2.45, 2.75) is 19.9 Å². The topological polar surface area (TPSA) is 41.1 Å². The molecule has 0 aliphatic rings. The molecule has 2 aromatic carbocycles. The Kier molecular flexibility index (Phi) is 4.93. The van der Waals surface area contributed by atoms with E-state index in [1.807, 2.05) is 6.92 Å². The van der Waals surface area contributed by atoms with Gasteiger partial charge in [-0.05, 0) is 23.3 Å². The summed E-state index contributed by atoms with van der Waals surface area (Å²) in [7, 11) is 0. The van der Waals surface area contributed by atoms with Gasteiger partial charge in [0.1, 0.15) is 0 Å². The number of fused-ring (bicyclic) bond motifs is 1. The molecule has 0 saturated heterocycles. The molecule has 0 bridgehead atoms. The molecule has 3 nitrogen and oxygen atoms in total. The zero-order chi connectivity index (χ0) is 13.5. The van der Waals surface area contributed by atoms with Gasteiger partial charge in [-0.2, -0.15) is 0 Å². The summed E-state index contributed by atoms with van der Waals surface area (Å²) < 4.78 is 0. The van der Waals surface area contributed by atoms with Crippen molar-refractivity contribution in [1.82, 2.24) is 10.6 Å².